The van der Waals surface area contributed by atoms with E-state index in [1.54, 1.807) is 13.2 Å². The van der Waals surface area contributed by atoms with Crippen molar-refractivity contribution < 1.29 is 33.3 Å². The zero-order valence-electron chi connectivity index (χ0n) is 21.6. The second-order valence-electron chi connectivity index (χ2n) is 9.12. The summed E-state index contributed by atoms with van der Waals surface area (Å²) in [4.78, 5) is 23.5. The molecule has 2 atom stereocenters. The maximum Gasteiger partial charge on any atom is 0.337 e. The summed E-state index contributed by atoms with van der Waals surface area (Å²) < 4.78 is 26.5. The molecule has 1 unspecified atom stereocenters. The zero-order valence-corrected chi connectivity index (χ0v) is 21.6. The number of benzene rings is 2. The van der Waals surface area contributed by atoms with Crippen molar-refractivity contribution in [3.8, 4) is 11.5 Å². The van der Waals surface area contributed by atoms with Gasteiger partial charge in [-0.15, -0.1) is 0 Å². The number of carbonyl (C=O) groups is 2. The molecule has 7 heteroatoms. The predicted molar refractivity (Wildman–Crippen MR) is 136 cm³/mol. The summed E-state index contributed by atoms with van der Waals surface area (Å²) in [5.41, 5.74) is 2.82. The molecular weight excluding hydrogens is 460 g/mol. The molecule has 1 aliphatic rings. The van der Waals surface area contributed by atoms with Crippen molar-refractivity contribution in [3.05, 3.63) is 59.2 Å². The van der Waals surface area contributed by atoms with E-state index < -0.39 is 0 Å². The Balaban J connectivity index is 1.75. The van der Waals surface area contributed by atoms with Crippen molar-refractivity contribution in [2.24, 2.45) is 5.92 Å². The van der Waals surface area contributed by atoms with Crippen LogP contribution in [0.4, 0.5) is 0 Å². The zero-order chi connectivity index (χ0) is 25.8. The quantitative estimate of drug-likeness (QED) is 0.188. The van der Waals surface area contributed by atoms with Crippen LogP contribution in [-0.2, 0) is 25.4 Å². The van der Waals surface area contributed by atoms with Gasteiger partial charge in [-0.2, -0.15) is 0 Å². The first-order valence-electron chi connectivity index (χ1n) is 12.7. The number of esters is 2. The lowest BCUT2D eigenvalue weighted by molar-refractivity contribution is -0.140. The Bertz CT molecular complexity index is 987. The van der Waals surface area contributed by atoms with Crippen molar-refractivity contribution >= 4 is 11.9 Å². The fourth-order valence-corrected chi connectivity index (χ4v) is 4.97. The SMILES string of the molecule is COCOc1ccccc1CC[C@H](CCCCCC(=O)OC)C1CCOc2cc(C(=O)OC)ccc21. The lowest BCUT2D eigenvalue weighted by Gasteiger charge is -2.33. The van der Waals surface area contributed by atoms with E-state index in [4.69, 9.17) is 23.7 Å². The van der Waals surface area contributed by atoms with Crippen LogP contribution in [0.25, 0.3) is 0 Å². The van der Waals surface area contributed by atoms with E-state index in [0.717, 1.165) is 62.0 Å². The van der Waals surface area contributed by atoms with Gasteiger partial charge in [0.05, 0.1) is 26.4 Å². The van der Waals surface area contributed by atoms with Gasteiger partial charge in [-0.05, 0) is 73.3 Å². The van der Waals surface area contributed by atoms with Crippen LogP contribution in [0.1, 0.15) is 72.3 Å². The molecular formula is C29H38O7. The Morgan fingerprint density at radius 3 is 2.61 bits per heavy atom. The van der Waals surface area contributed by atoms with Crippen LogP contribution in [0.15, 0.2) is 42.5 Å². The summed E-state index contributed by atoms with van der Waals surface area (Å²) in [5, 5.41) is 0. The van der Waals surface area contributed by atoms with Crippen LogP contribution < -0.4 is 9.47 Å². The number of fused-ring (bicyclic) bond motifs is 1. The molecule has 0 bridgehead atoms. The Kier molecular flexibility index (Phi) is 11.1. The summed E-state index contributed by atoms with van der Waals surface area (Å²) in [6.07, 6.45) is 7.17. The molecule has 2 aromatic rings. The molecule has 0 saturated carbocycles. The van der Waals surface area contributed by atoms with Gasteiger partial charge in [0.1, 0.15) is 11.5 Å². The van der Waals surface area contributed by atoms with Gasteiger partial charge in [0.2, 0.25) is 0 Å². The molecule has 2 aromatic carbocycles. The molecule has 1 aliphatic heterocycles. The molecule has 0 amide bonds. The molecule has 196 valence electrons. The number of hydrogen-bond acceptors (Lipinski definition) is 7. The monoisotopic (exact) mass is 498 g/mol. The van der Waals surface area contributed by atoms with E-state index in [9.17, 15) is 9.59 Å². The van der Waals surface area contributed by atoms with Crippen LogP contribution in [0.3, 0.4) is 0 Å². The normalized spacial score (nSPS) is 15.4. The average Bonchev–Trinajstić information content (AvgIpc) is 2.92. The summed E-state index contributed by atoms with van der Waals surface area (Å²) in [6.45, 7) is 0.838. The van der Waals surface area contributed by atoms with E-state index in [-0.39, 0.29) is 18.7 Å². The number of hydrogen-bond donors (Lipinski definition) is 0. The number of ether oxygens (including phenoxy) is 5. The second-order valence-corrected chi connectivity index (χ2v) is 9.12. The molecule has 1 heterocycles. The summed E-state index contributed by atoms with van der Waals surface area (Å²) in [5.74, 6) is 1.86. The maximum absolute atomic E-state index is 12.0. The van der Waals surface area contributed by atoms with Crippen LogP contribution in [0.5, 0.6) is 11.5 Å². The summed E-state index contributed by atoms with van der Waals surface area (Å²) in [6, 6.07) is 13.7. The van der Waals surface area contributed by atoms with Crippen LogP contribution >= 0.6 is 0 Å². The highest BCUT2D eigenvalue weighted by atomic mass is 16.7. The number of unbranched alkanes of at least 4 members (excludes halogenated alkanes) is 2. The fraction of sp³-hybridized carbons (Fsp3) is 0.517. The Morgan fingerprint density at radius 2 is 1.83 bits per heavy atom. The molecule has 0 aromatic heterocycles. The molecule has 0 spiro atoms. The van der Waals surface area contributed by atoms with Gasteiger partial charge in [0.15, 0.2) is 6.79 Å². The van der Waals surface area contributed by atoms with Gasteiger partial charge in [-0.1, -0.05) is 37.1 Å². The average molecular weight is 499 g/mol. The first-order chi connectivity index (χ1) is 17.6. The van der Waals surface area contributed by atoms with Gasteiger partial charge in [0, 0.05) is 13.5 Å². The number of methoxy groups -OCH3 is 3. The van der Waals surface area contributed by atoms with Crippen LogP contribution in [-0.4, -0.2) is 46.7 Å². The fourth-order valence-electron chi connectivity index (χ4n) is 4.97. The first-order valence-corrected chi connectivity index (χ1v) is 12.7. The lowest BCUT2D eigenvalue weighted by Crippen LogP contribution is -2.22. The number of rotatable bonds is 14. The molecule has 0 fully saturated rings. The third-order valence-corrected chi connectivity index (χ3v) is 6.86. The van der Waals surface area contributed by atoms with E-state index in [1.807, 2.05) is 30.3 Å². The summed E-state index contributed by atoms with van der Waals surface area (Å²) in [7, 11) is 4.43. The van der Waals surface area contributed by atoms with Crippen LogP contribution in [0.2, 0.25) is 0 Å². The molecule has 36 heavy (non-hydrogen) atoms. The summed E-state index contributed by atoms with van der Waals surface area (Å²) >= 11 is 0. The molecule has 3 rings (SSSR count). The highest BCUT2D eigenvalue weighted by Crippen LogP contribution is 2.43. The third-order valence-electron chi connectivity index (χ3n) is 6.86. The minimum Gasteiger partial charge on any atom is -0.493 e. The first kappa shape index (κ1) is 27.5. The maximum atomic E-state index is 12.0. The Hall–Kier alpha value is -3.06. The van der Waals surface area contributed by atoms with Crippen molar-refractivity contribution in [2.45, 2.75) is 57.3 Å². The van der Waals surface area contributed by atoms with Crippen molar-refractivity contribution in [1.29, 1.82) is 0 Å². The standard InChI is InChI=1S/C29H38O7/c1-32-20-36-26-11-8-7-10-22(26)14-13-21(9-5-4-6-12-28(30)33-2)24-17-18-35-27-19-23(29(31)34-3)15-16-25(24)27/h7-8,10-11,15-16,19,21,24H,4-6,9,12-14,17-18,20H2,1-3H3/t21-,24?/m0/s1. The third kappa shape index (κ3) is 7.72. The van der Waals surface area contributed by atoms with E-state index in [1.165, 1.54) is 19.8 Å². The smallest absolute Gasteiger partial charge is 0.337 e. The Morgan fingerprint density at radius 1 is 1.00 bits per heavy atom. The molecule has 0 saturated heterocycles. The topological polar surface area (TPSA) is 80.3 Å². The number of aryl methyl sites for hydroxylation is 1. The van der Waals surface area contributed by atoms with Crippen molar-refractivity contribution in [2.75, 3.05) is 34.7 Å². The highest BCUT2D eigenvalue weighted by molar-refractivity contribution is 5.90. The van der Waals surface area contributed by atoms with Gasteiger partial charge in [-0.3, -0.25) is 4.79 Å². The van der Waals surface area contributed by atoms with Crippen molar-refractivity contribution in [1.82, 2.24) is 0 Å². The van der Waals surface area contributed by atoms with E-state index in [2.05, 4.69) is 6.07 Å². The number of para-hydroxylation sites is 1. The predicted octanol–water partition coefficient (Wildman–Crippen LogP) is 5.69. The molecule has 0 N–H and O–H groups in total. The van der Waals surface area contributed by atoms with E-state index in [0.29, 0.717) is 30.4 Å². The van der Waals surface area contributed by atoms with Gasteiger partial charge >= 0.3 is 11.9 Å². The molecule has 0 radical (unpaired) electrons. The minimum absolute atomic E-state index is 0.154. The minimum atomic E-state index is -0.363. The van der Waals surface area contributed by atoms with Crippen LogP contribution in [0, 0.1) is 5.92 Å². The molecule has 0 aliphatic carbocycles. The van der Waals surface area contributed by atoms with E-state index >= 15 is 0 Å². The highest BCUT2D eigenvalue weighted by Gasteiger charge is 2.29. The molecule has 7 nitrogen and oxygen atoms in total. The number of carbonyl (C=O) groups excluding carboxylic acids is 2. The lowest BCUT2D eigenvalue weighted by atomic mass is 9.76. The van der Waals surface area contributed by atoms with Gasteiger partial charge in [0.25, 0.3) is 0 Å². The Labute approximate surface area is 214 Å². The largest absolute Gasteiger partial charge is 0.493 e. The van der Waals surface area contributed by atoms with Crippen molar-refractivity contribution in [3.63, 3.8) is 0 Å². The van der Waals surface area contributed by atoms with Gasteiger partial charge < -0.3 is 23.7 Å². The van der Waals surface area contributed by atoms with Gasteiger partial charge in [-0.25, -0.2) is 4.79 Å². The second kappa shape index (κ2) is 14.5.